The van der Waals surface area contributed by atoms with E-state index in [4.69, 9.17) is 0 Å². The summed E-state index contributed by atoms with van der Waals surface area (Å²) in [5.74, 6) is 0.696. The Balaban J connectivity index is 1.93. The third-order valence-corrected chi connectivity index (χ3v) is 4.67. The van der Waals surface area contributed by atoms with E-state index in [9.17, 15) is 5.11 Å². The van der Waals surface area contributed by atoms with Crippen LogP contribution >= 0.6 is 0 Å². The molecule has 2 N–H and O–H groups in total. The average molecular weight is 245 g/mol. The highest BCUT2D eigenvalue weighted by Gasteiger charge is 2.34. The maximum Gasteiger partial charge on any atom is 0.0911 e. The minimum Gasteiger partial charge on any atom is -0.385 e. The smallest absolute Gasteiger partial charge is 0.0911 e. The molecule has 2 heteroatoms. The van der Waals surface area contributed by atoms with E-state index in [0.29, 0.717) is 5.92 Å². The SMILES string of the molecule is OC1(c2ccccc2C2CCC2)CCCNCC1. The monoisotopic (exact) mass is 245 g/mol. The van der Waals surface area contributed by atoms with E-state index in [1.165, 1.54) is 30.4 Å². The van der Waals surface area contributed by atoms with Crippen LogP contribution < -0.4 is 5.32 Å². The van der Waals surface area contributed by atoms with Crippen LogP contribution in [0.25, 0.3) is 0 Å². The molecular weight excluding hydrogens is 222 g/mol. The maximum atomic E-state index is 11.0. The molecule has 1 saturated heterocycles. The Labute approximate surface area is 109 Å². The van der Waals surface area contributed by atoms with Crippen LogP contribution in [0, 0.1) is 0 Å². The third-order valence-electron chi connectivity index (χ3n) is 4.67. The minimum atomic E-state index is -0.602. The molecule has 1 atom stereocenters. The zero-order valence-corrected chi connectivity index (χ0v) is 11.0. The molecular formula is C16H23NO. The van der Waals surface area contributed by atoms with Gasteiger partial charge in [0.05, 0.1) is 5.60 Å². The van der Waals surface area contributed by atoms with Crippen molar-refractivity contribution in [2.75, 3.05) is 13.1 Å². The zero-order chi connectivity index (χ0) is 12.4. The average Bonchev–Trinajstić information content (AvgIpc) is 2.53. The van der Waals surface area contributed by atoms with Crippen LogP contribution in [-0.4, -0.2) is 18.2 Å². The van der Waals surface area contributed by atoms with E-state index in [1.807, 2.05) is 0 Å². The van der Waals surface area contributed by atoms with Gasteiger partial charge < -0.3 is 10.4 Å². The molecule has 1 heterocycles. The van der Waals surface area contributed by atoms with Crippen molar-refractivity contribution < 1.29 is 5.11 Å². The van der Waals surface area contributed by atoms with Gasteiger partial charge in [0.25, 0.3) is 0 Å². The summed E-state index contributed by atoms with van der Waals surface area (Å²) < 4.78 is 0. The van der Waals surface area contributed by atoms with Gasteiger partial charge in [-0.1, -0.05) is 30.7 Å². The number of hydrogen-bond donors (Lipinski definition) is 2. The van der Waals surface area contributed by atoms with Gasteiger partial charge in [-0.2, -0.15) is 0 Å². The fraction of sp³-hybridized carbons (Fsp3) is 0.625. The van der Waals surface area contributed by atoms with Crippen molar-refractivity contribution >= 4 is 0 Å². The summed E-state index contributed by atoms with van der Waals surface area (Å²) in [6.45, 7) is 1.96. The highest BCUT2D eigenvalue weighted by atomic mass is 16.3. The largest absolute Gasteiger partial charge is 0.385 e. The van der Waals surface area contributed by atoms with E-state index >= 15 is 0 Å². The van der Waals surface area contributed by atoms with Crippen LogP contribution in [0.1, 0.15) is 55.6 Å². The second-order valence-corrected chi connectivity index (χ2v) is 5.85. The van der Waals surface area contributed by atoms with Crippen LogP contribution in [0.4, 0.5) is 0 Å². The molecule has 2 fully saturated rings. The van der Waals surface area contributed by atoms with Gasteiger partial charge in [0, 0.05) is 0 Å². The van der Waals surface area contributed by atoms with E-state index < -0.39 is 5.60 Å². The lowest BCUT2D eigenvalue weighted by atomic mass is 9.73. The number of aliphatic hydroxyl groups is 1. The summed E-state index contributed by atoms with van der Waals surface area (Å²) in [5.41, 5.74) is 2.02. The van der Waals surface area contributed by atoms with Crippen LogP contribution in [0.5, 0.6) is 0 Å². The topological polar surface area (TPSA) is 32.3 Å². The van der Waals surface area contributed by atoms with Crippen molar-refractivity contribution in [1.82, 2.24) is 5.32 Å². The van der Waals surface area contributed by atoms with Gasteiger partial charge in [-0.15, -0.1) is 0 Å². The summed E-state index contributed by atoms with van der Waals surface area (Å²) in [4.78, 5) is 0. The molecule has 98 valence electrons. The molecule has 1 aliphatic heterocycles. The molecule has 2 aliphatic rings. The van der Waals surface area contributed by atoms with Gasteiger partial charge in [0.15, 0.2) is 0 Å². The Bertz CT molecular complexity index is 403. The van der Waals surface area contributed by atoms with E-state index in [2.05, 4.69) is 29.6 Å². The molecule has 1 aliphatic carbocycles. The molecule has 18 heavy (non-hydrogen) atoms. The second-order valence-electron chi connectivity index (χ2n) is 5.85. The fourth-order valence-electron chi connectivity index (χ4n) is 3.32. The molecule has 0 amide bonds. The molecule has 0 bridgehead atoms. The van der Waals surface area contributed by atoms with Crippen molar-refractivity contribution in [3.8, 4) is 0 Å². The molecule has 1 aromatic carbocycles. The fourth-order valence-corrected chi connectivity index (χ4v) is 3.32. The summed E-state index contributed by atoms with van der Waals surface area (Å²) in [6.07, 6.45) is 6.74. The molecule has 1 saturated carbocycles. The lowest BCUT2D eigenvalue weighted by Gasteiger charge is -2.34. The lowest BCUT2D eigenvalue weighted by Crippen LogP contribution is -2.29. The summed E-state index contributed by atoms with van der Waals surface area (Å²) >= 11 is 0. The Hall–Kier alpha value is -0.860. The molecule has 0 spiro atoms. The van der Waals surface area contributed by atoms with Crippen molar-refractivity contribution in [2.24, 2.45) is 0 Å². The van der Waals surface area contributed by atoms with E-state index in [0.717, 1.165) is 32.4 Å². The molecule has 2 nitrogen and oxygen atoms in total. The molecule has 0 radical (unpaired) electrons. The Kier molecular flexibility index (Phi) is 3.40. The Morgan fingerprint density at radius 2 is 1.89 bits per heavy atom. The quantitative estimate of drug-likeness (QED) is 0.839. The number of rotatable bonds is 2. The predicted molar refractivity (Wildman–Crippen MR) is 73.7 cm³/mol. The molecule has 1 aromatic rings. The van der Waals surface area contributed by atoms with Crippen molar-refractivity contribution in [2.45, 2.75) is 50.0 Å². The van der Waals surface area contributed by atoms with Crippen LogP contribution in [0.3, 0.4) is 0 Å². The first-order chi connectivity index (χ1) is 8.80. The normalized spacial score (nSPS) is 29.6. The summed E-state index contributed by atoms with van der Waals surface area (Å²) in [7, 11) is 0. The zero-order valence-electron chi connectivity index (χ0n) is 11.0. The minimum absolute atomic E-state index is 0.602. The van der Waals surface area contributed by atoms with Gasteiger partial charge in [-0.25, -0.2) is 0 Å². The van der Waals surface area contributed by atoms with Crippen LogP contribution in [-0.2, 0) is 5.60 Å². The van der Waals surface area contributed by atoms with Gasteiger partial charge in [-0.3, -0.25) is 0 Å². The van der Waals surface area contributed by atoms with Gasteiger partial charge in [-0.05, 0) is 62.2 Å². The number of nitrogens with one attached hydrogen (secondary N) is 1. The van der Waals surface area contributed by atoms with Crippen molar-refractivity contribution in [3.05, 3.63) is 35.4 Å². The Morgan fingerprint density at radius 3 is 2.67 bits per heavy atom. The highest BCUT2D eigenvalue weighted by molar-refractivity contribution is 5.36. The summed E-state index contributed by atoms with van der Waals surface area (Å²) in [6, 6.07) is 8.58. The number of benzene rings is 1. The van der Waals surface area contributed by atoms with E-state index in [-0.39, 0.29) is 0 Å². The van der Waals surface area contributed by atoms with Crippen molar-refractivity contribution in [3.63, 3.8) is 0 Å². The van der Waals surface area contributed by atoms with Crippen molar-refractivity contribution in [1.29, 1.82) is 0 Å². The van der Waals surface area contributed by atoms with Crippen LogP contribution in [0.15, 0.2) is 24.3 Å². The standard InChI is InChI=1S/C16H23NO/c18-16(9-4-11-17-12-10-16)15-8-2-1-7-14(15)13-5-3-6-13/h1-2,7-8,13,17-18H,3-6,9-12H2. The van der Waals surface area contributed by atoms with Crippen LogP contribution in [0.2, 0.25) is 0 Å². The van der Waals surface area contributed by atoms with Gasteiger partial charge in [0.2, 0.25) is 0 Å². The Morgan fingerprint density at radius 1 is 1.06 bits per heavy atom. The second kappa shape index (κ2) is 5.02. The summed E-state index contributed by atoms with van der Waals surface area (Å²) in [5, 5.41) is 14.4. The number of hydrogen-bond acceptors (Lipinski definition) is 2. The first kappa shape index (κ1) is 12.2. The first-order valence-corrected chi connectivity index (χ1v) is 7.32. The predicted octanol–water partition coefficient (Wildman–Crippen LogP) is 2.92. The first-order valence-electron chi connectivity index (χ1n) is 7.32. The van der Waals surface area contributed by atoms with Gasteiger partial charge >= 0.3 is 0 Å². The molecule has 0 aromatic heterocycles. The maximum absolute atomic E-state index is 11.0. The highest BCUT2D eigenvalue weighted by Crippen LogP contribution is 2.43. The van der Waals surface area contributed by atoms with Gasteiger partial charge in [0.1, 0.15) is 0 Å². The van der Waals surface area contributed by atoms with E-state index in [1.54, 1.807) is 0 Å². The lowest BCUT2D eigenvalue weighted by molar-refractivity contribution is 0.0224. The third kappa shape index (κ3) is 2.19. The molecule has 1 unspecified atom stereocenters. The molecule has 3 rings (SSSR count).